The zero-order valence-electron chi connectivity index (χ0n) is 15.3. The third-order valence-corrected chi connectivity index (χ3v) is 5.70. The highest BCUT2D eigenvalue weighted by molar-refractivity contribution is 8.14. The molecule has 0 N–H and O–H groups in total. The Kier molecular flexibility index (Phi) is 6.08. The summed E-state index contributed by atoms with van der Waals surface area (Å²) in [6.07, 6.45) is 0.700. The maximum Gasteiger partial charge on any atom is 0.312 e. The average molecular weight is 402 g/mol. The number of rotatable bonds is 6. The van der Waals surface area contributed by atoms with E-state index in [2.05, 4.69) is 10.1 Å². The van der Waals surface area contributed by atoms with Crippen LogP contribution < -0.4 is 4.74 Å². The lowest BCUT2D eigenvalue weighted by Crippen LogP contribution is -2.10. The van der Waals surface area contributed by atoms with Crippen LogP contribution >= 0.6 is 23.1 Å². The lowest BCUT2D eigenvalue weighted by atomic mass is 10.2. The zero-order valence-corrected chi connectivity index (χ0v) is 16.9. The van der Waals surface area contributed by atoms with Crippen molar-refractivity contribution in [3.63, 3.8) is 0 Å². The molecule has 3 rings (SSSR count). The van der Waals surface area contributed by atoms with Crippen molar-refractivity contribution in [3.05, 3.63) is 41.4 Å². The molecule has 3 aromatic rings. The molecule has 0 amide bonds. The van der Waals surface area contributed by atoms with Gasteiger partial charge in [-0.2, -0.15) is 9.78 Å². The SMILES string of the molecule is CCC(=O)Oc1c(-c2csc(SC(=O)CC)n2)c(C)nn1-c1ccccc1. The molecular weight excluding hydrogens is 382 g/mol. The fourth-order valence-electron chi connectivity index (χ4n) is 2.41. The number of carbonyl (C=O) groups is 2. The van der Waals surface area contributed by atoms with Gasteiger partial charge in [-0.3, -0.25) is 9.59 Å². The maximum absolute atomic E-state index is 12.0. The Balaban J connectivity index is 2.08. The predicted octanol–water partition coefficient (Wildman–Crippen LogP) is 4.65. The second-order valence-electron chi connectivity index (χ2n) is 5.67. The highest BCUT2D eigenvalue weighted by Gasteiger charge is 2.24. The van der Waals surface area contributed by atoms with Crippen molar-refractivity contribution in [2.45, 2.75) is 38.0 Å². The fraction of sp³-hybridized carbons (Fsp3) is 0.263. The van der Waals surface area contributed by atoms with Crippen molar-refractivity contribution < 1.29 is 14.3 Å². The molecule has 2 aromatic heterocycles. The molecule has 0 spiro atoms. The number of thioether (sulfide) groups is 1. The number of thiazole rings is 1. The lowest BCUT2D eigenvalue weighted by Gasteiger charge is -2.08. The molecule has 2 heterocycles. The Morgan fingerprint density at radius 3 is 2.59 bits per heavy atom. The Hall–Kier alpha value is -2.45. The molecule has 1 aromatic carbocycles. The number of aromatic nitrogens is 3. The summed E-state index contributed by atoms with van der Waals surface area (Å²) < 4.78 is 7.90. The van der Waals surface area contributed by atoms with Crippen molar-refractivity contribution in [1.29, 1.82) is 0 Å². The normalized spacial score (nSPS) is 10.8. The Labute approximate surface area is 165 Å². The Morgan fingerprint density at radius 2 is 1.93 bits per heavy atom. The largest absolute Gasteiger partial charge is 0.407 e. The molecule has 0 unspecified atom stereocenters. The minimum absolute atomic E-state index is 0.0604. The fourth-order valence-corrected chi connectivity index (χ4v) is 4.04. The molecule has 27 heavy (non-hydrogen) atoms. The van der Waals surface area contributed by atoms with E-state index in [4.69, 9.17) is 4.74 Å². The number of aryl methyl sites for hydroxylation is 1. The van der Waals surface area contributed by atoms with Gasteiger partial charge in [-0.25, -0.2) is 4.98 Å². The van der Waals surface area contributed by atoms with Gasteiger partial charge in [-0.1, -0.05) is 32.0 Å². The van der Waals surface area contributed by atoms with Gasteiger partial charge >= 0.3 is 5.97 Å². The molecular formula is C19H19N3O3S2. The molecule has 140 valence electrons. The highest BCUT2D eigenvalue weighted by Crippen LogP contribution is 2.37. The summed E-state index contributed by atoms with van der Waals surface area (Å²) >= 11 is 2.51. The quantitative estimate of drug-likeness (QED) is 0.442. The van der Waals surface area contributed by atoms with Crippen LogP contribution in [0.3, 0.4) is 0 Å². The summed E-state index contributed by atoms with van der Waals surface area (Å²) in [4.78, 5) is 28.2. The van der Waals surface area contributed by atoms with Crippen molar-refractivity contribution in [2.24, 2.45) is 0 Å². The first-order valence-corrected chi connectivity index (χ1v) is 10.2. The molecule has 0 fully saturated rings. The predicted molar refractivity (Wildman–Crippen MR) is 106 cm³/mol. The van der Waals surface area contributed by atoms with Crippen LogP contribution in [0.25, 0.3) is 16.9 Å². The smallest absolute Gasteiger partial charge is 0.312 e. The molecule has 0 aliphatic carbocycles. The molecule has 0 aliphatic rings. The van der Waals surface area contributed by atoms with Gasteiger partial charge < -0.3 is 4.74 Å². The molecule has 0 saturated heterocycles. The number of hydrogen-bond donors (Lipinski definition) is 0. The van der Waals surface area contributed by atoms with E-state index < -0.39 is 0 Å². The van der Waals surface area contributed by atoms with Gasteiger partial charge in [0.25, 0.3) is 0 Å². The molecule has 0 bridgehead atoms. The number of hydrogen-bond acceptors (Lipinski definition) is 7. The zero-order chi connectivity index (χ0) is 19.4. The van der Waals surface area contributed by atoms with Crippen LogP contribution in [0.15, 0.2) is 40.1 Å². The standard InChI is InChI=1S/C19H19N3O3S2/c1-4-15(23)25-18-17(14-11-26-19(20-14)27-16(24)5-2)12(3)21-22(18)13-9-7-6-8-10-13/h6-11H,4-5H2,1-3H3. The number of ether oxygens (including phenoxy) is 1. The minimum atomic E-state index is -0.348. The third kappa shape index (κ3) is 4.28. The summed E-state index contributed by atoms with van der Waals surface area (Å²) in [7, 11) is 0. The summed E-state index contributed by atoms with van der Waals surface area (Å²) in [6, 6.07) is 9.48. The minimum Gasteiger partial charge on any atom is -0.407 e. The van der Waals surface area contributed by atoms with E-state index in [9.17, 15) is 9.59 Å². The van der Waals surface area contributed by atoms with E-state index in [1.54, 1.807) is 11.6 Å². The first-order chi connectivity index (χ1) is 13.0. The van der Waals surface area contributed by atoms with Gasteiger partial charge in [0.1, 0.15) is 0 Å². The molecule has 0 saturated carbocycles. The highest BCUT2D eigenvalue weighted by atomic mass is 32.2. The van der Waals surface area contributed by atoms with Crippen LogP contribution in [0.1, 0.15) is 32.4 Å². The number of nitrogens with zero attached hydrogens (tertiary/aromatic N) is 3. The third-order valence-electron chi connectivity index (χ3n) is 3.75. The van der Waals surface area contributed by atoms with Gasteiger partial charge in [0.15, 0.2) is 9.45 Å². The van der Waals surface area contributed by atoms with Gasteiger partial charge in [-0.05, 0) is 30.8 Å². The maximum atomic E-state index is 12.0. The number of benzene rings is 1. The lowest BCUT2D eigenvalue weighted by molar-refractivity contribution is -0.134. The van der Waals surface area contributed by atoms with Crippen LogP contribution in [0.4, 0.5) is 0 Å². The van der Waals surface area contributed by atoms with Gasteiger partial charge in [-0.15, -0.1) is 11.3 Å². The van der Waals surface area contributed by atoms with E-state index in [-0.39, 0.29) is 17.5 Å². The van der Waals surface area contributed by atoms with Crippen molar-refractivity contribution in [1.82, 2.24) is 14.8 Å². The number of esters is 1. The Morgan fingerprint density at radius 1 is 1.19 bits per heavy atom. The van der Waals surface area contributed by atoms with Gasteiger partial charge in [0, 0.05) is 18.2 Å². The van der Waals surface area contributed by atoms with E-state index in [1.165, 1.54) is 11.3 Å². The second kappa shape index (κ2) is 8.49. The Bertz CT molecular complexity index is 964. The molecule has 0 atom stereocenters. The van der Waals surface area contributed by atoms with E-state index in [0.29, 0.717) is 33.6 Å². The first-order valence-electron chi connectivity index (χ1n) is 8.55. The number of carbonyl (C=O) groups excluding carboxylic acids is 2. The molecule has 8 heteroatoms. The van der Waals surface area contributed by atoms with Crippen molar-refractivity contribution >= 4 is 34.2 Å². The summed E-state index contributed by atoms with van der Waals surface area (Å²) in [6.45, 7) is 5.41. The topological polar surface area (TPSA) is 74.1 Å². The van der Waals surface area contributed by atoms with Gasteiger partial charge in [0.05, 0.1) is 22.6 Å². The summed E-state index contributed by atoms with van der Waals surface area (Å²) in [5, 5.41) is 6.48. The van der Waals surface area contributed by atoms with E-state index in [0.717, 1.165) is 17.4 Å². The van der Waals surface area contributed by atoms with E-state index in [1.807, 2.05) is 49.6 Å². The van der Waals surface area contributed by atoms with Crippen molar-refractivity contribution in [2.75, 3.05) is 0 Å². The van der Waals surface area contributed by atoms with Crippen LogP contribution in [0, 0.1) is 6.92 Å². The summed E-state index contributed by atoms with van der Waals surface area (Å²) in [5.74, 6) is -0.00598. The van der Waals surface area contributed by atoms with E-state index >= 15 is 0 Å². The molecule has 0 radical (unpaired) electrons. The second-order valence-corrected chi connectivity index (χ2v) is 7.83. The molecule has 0 aliphatic heterocycles. The van der Waals surface area contributed by atoms with Crippen LogP contribution in [0.2, 0.25) is 0 Å². The van der Waals surface area contributed by atoms with Crippen LogP contribution in [-0.2, 0) is 9.59 Å². The van der Waals surface area contributed by atoms with Crippen LogP contribution in [-0.4, -0.2) is 25.8 Å². The number of para-hydroxylation sites is 1. The van der Waals surface area contributed by atoms with Crippen molar-refractivity contribution in [3.8, 4) is 22.8 Å². The summed E-state index contributed by atoms with van der Waals surface area (Å²) in [5.41, 5.74) is 2.79. The first kappa shape index (κ1) is 19.3. The molecule has 6 nitrogen and oxygen atoms in total. The van der Waals surface area contributed by atoms with Gasteiger partial charge in [0.2, 0.25) is 5.88 Å². The monoisotopic (exact) mass is 401 g/mol. The van der Waals surface area contributed by atoms with Crippen LogP contribution in [0.5, 0.6) is 5.88 Å². The average Bonchev–Trinajstić information content (AvgIpc) is 3.26.